The van der Waals surface area contributed by atoms with Crippen molar-refractivity contribution in [3.63, 3.8) is 0 Å². The van der Waals surface area contributed by atoms with Gasteiger partial charge in [-0.1, -0.05) is 36.4 Å². The van der Waals surface area contributed by atoms with E-state index in [1.165, 1.54) is 0 Å². The highest BCUT2D eigenvalue weighted by Gasteiger charge is 2.32. The van der Waals surface area contributed by atoms with Gasteiger partial charge < -0.3 is 9.64 Å². The van der Waals surface area contributed by atoms with Crippen LogP contribution in [0.5, 0.6) is 5.75 Å². The summed E-state index contributed by atoms with van der Waals surface area (Å²) in [6.07, 6.45) is 0.601. The monoisotopic (exact) mass is 436 g/mol. The molecular weight excluding hydrogens is 412 g/mol. The fourth-order valence-corrected chi connectivity index (χ4v) is 4.97. The number of nitrogens with one attached hydrogen (secondary N) is 1. The minimum Gasteiger partial charge on any atom is -0.496 e. The zero-order chi connectivity index (χ0) is 22.0. The number of ether oxygens (including phenoxy) is 1. The predicted octanol–water partition coefficient (Wildman–Crippen LogP) is 3.77. The lowest BCUT2D eigenvalue weighted by atomic mass is 10.1. The zero-order valence-electron chi connectivity index (χ0n) is 17.4. The molecule has 1 aliphatic heterocycles. The topological polar surface area (TPSA) is 75.7 Å². The fourth-order valence-electron chi connectivity index (χ4n) is 3.91. The first-order valence-corrected chi connectivity index (χ1v) is 11.5. The third-order valence-corrected chi connectivity index (χ3v) is 6.86. The molecule has 160 valence electrons. The lowest BCUT2D eigenvalue weighted by Gasteiger charge is -2.23. The second kappa shape index (κ2) is 8.53. The summed E-state index contributed by atoms with van der Waals surface area (Å²) in [7, 11) is -2.17. The van der Waals surface area contributed by atoms with Crippen molar-refractivity contribution in [2.45, 2.75) is 30.8 Å². The van der Waals surface area contributed by atoms with Crippen molar-refractivity contribution in [3.8, 4) is 5.75 Å². The Hall–Kier alpha value is -3.16. The van der Waals surface area contributed by atoms with Crippen molar-refractivity contribution < 1.29 is 17.9 Å². The number of carbonyl (C=O) groups is 1. The van der Waals surface area contributed by atoms with E-state index in [0.717, 1.165) is 16.8 Å². The van der Waals surface area contributed by atoms with Crippen molar-refractivity contribution in [2.75, 3.05) is 12.0 Å². The number of amides is 1. The molecule has 0 fully saturated rings. The molecule has 4 rings (SSSR count). The van der Waals surface area contributed by atoms with Gasteiger partial charge in [-0.3, -0.25) is 4.79 Å². The average Bonchev–Trinajstić information content (AvgIpc) is 3.12. The molecule has 6 nitrogen and oxygen atoms in total. The van der Waals surface area contributed by atoms with E-state index in [1.807, 2.05) is 43.3 Å². The Morgan fingerprint density at radius 2 is 1.77 bits per heavy atom. The molecule has 1 amide bonds. The second-order valence-corrected chi connectivity index (χ2v) is 9.29. The summed E-state index contributed by atoms with van der Waals surface area (Å²) in [6.45, 7) is 2.09. The summed E-state index contributed by atoms with van der Waals surface area (Å²) in [5.41, 5.74) is 2.96. The summed E-state index contributed by atoms with van der Waals surface area (Å²) in [5.74, 6) is 0.541. The maximum absolute atomic E-state index is 13.0. The van der Waals surface area contributed by atoms with E-state index in [4.69, 9.17) is 4.74 Å². The number of nitrogens with zero attached hydrogens (tertiary/aromatic N) is 1. The molecule has 3 aromatic carbocycles. The molecule has 3 aromatic rings. The first-order chi connectivity index (χ1) is 14.9. The number of benzene rings is 3. The first-order valence-electron chi connectivity index (χ1n) is 10.0. The minimum absolute atomic E-state index is 0.0535. The fraction of sp³-hybridized carbons (Fsp3) is 0.208. The van der Waals surface area contributed by atoms with Crippen LogP contribution >= 0.6 is 0 Å². The Bertz CT molecular complexity index is 1210. The number of methoxy groups -OCH3 is 1. The molecule has 0 spiro atoms. The minimum atomic E-state index is -3.72. The summed E-state index contributed by atoms with van der Waals surface area (Å²) >= 11 is 0. The van der Waals surface area contributed by atoms with Crippen LogP contribution in [-0.2, 0) is 23.0 Å². The normalized spacial score (nSPS) is 15.5. The molecular formula is C24H24N2O4S. The van der Waals surface area contributed by atoms with E-state index in [0.29, 0.717) is 17.7 Å². The van der Waals surface area contributed by atoms with E-state index >= 15 is 0 Å². The van der Waals surface area contributed by atoms with Gasteiger partial charge in [-0.25, -0.2) is 13.1 Å². The molecule has 0 saturated heterocycles. The number of anilines is 1. The van der Waals surface area contributed by atoms with Crippen molar-refractivity contribution in [1.29, 1.82) is 0 Å². The molecule has 0 radical (unpaired) electrons. The summed E-state index contributed by atoms with van der Waals surface area (Å²) in [5, 5.41) is 0. The summed E-state index contributed by atoms with van der Waals surface area (Å²) in [4.78, 5) is 14.9. The van der Waals surface area contributed by atoms with E-state index in [2.05, 4.69) is 4.72 Å². The number of fused-ring (bicyclic) bond motifs is 1. The molecule has 7 heteroatoms. The zero-order valence-corrected chi connectivity index (χ0v) is 18.2. The number of hydrogen-bond donors (Lipinski definition) is 1. The number of sulfonamides is 1. The highest BCUT2D eigenvalue weighted by atomic mass is 32.2. The maximum atomic E-state index is 13.0. The average molecular weight is 437 g/mol. The lowest BCUT2D eigenvalue weighted by Crippen LogP contribution is -2.35. The summed E-state index contributed by atoms with van der Waals surface area (Å²) < 4.78 is 33.7. The van der Waals surface area contributed by atoms with Gasteiger partial charge in [-0.05, 0) is 55.3 Å². The van der Waals surface area contributed by atoms with Crippen LogP contribution in [-0.4, -0.2) is 27.5 Å². The maximum Gasteiger partial charge on any atom is 0.258 e. The van der Waals surface area contributed by atoms with Gasteiger partial charge in [-0.2, -0.15) is 0 Å². The van der Waals surface area contributed by atoms with Crippen molar-refractivity contribution in [3.05, 3.63) is 89.5 Å². The highest BCUT2D eigenvalue weighted by Crippen LogP contribution is 2.35. The second-order valence-electron chi connectivity index (χ2n) is 7.52. The van der Waals surface area contributed by atoms with Crippen LogP contribution in [0.25, 0.3) is 0 Å². The van der Waals surface area contributed by atoms with E-state index in [1.54, 1.807) is 48.4 Å². The predicted molar refractivity (Wildman–Crippen MR) is 120 cm³/mol. The van der Waals surface area contributed by atoms with Crippen LogP contribution in [0.2, 0.25) is 0 Å². The molecule has 0 saturated carbocycles. The molecule has 1 atom stereocenters. The summed E-state index contributed by atoms with van der Waals surface area (Å²) in [6, 6.07) is 21.3. The molecule has 0 aromatic heterocycles. The van der Waals surface area contributed by atoms with Gasteiger partial charge >= 0.3 is 0 Å². The molecule has 1 aliphatic rings. The van der Waals surface area contributed by atoms with E-state index < -0.39 is 10.0 Å². The molecule has 0 aliphatic carbocycles. The van der Waals surface area contributed by atoms with Crippen molar-refractivity contribution >= 4 is 21.6 Å². The third kappa shape index (κ3) is 4.19. The Kier molecular flexibility index (Phi) is 5.80. The molecule has 0 bridgehead atoms. The Balaban J connectivity index is 1.57. The van der Waals surface area contributed by atoms with E-state index in [-0.39, 0.29) is 23.4 Å². The van der Waals surface area contributed by atoms with Gasteiger partial charge in [-0.15, -0.1) is 0 Å². The SMILES string of the molecule is COc1ccccc1CNS(=O)(=O)c1ccc2c(c1)CC(C)N2C(=O)c1ccccc1. The largest absolute Gasteiger partial charge is 0.496 e. The molecule has 1 heterocycles. The Labute approximate surface area is 182 Å². The van der Waals surface area contributed by atoms with Crippen LogP contribution in [0.4, 0.5) is 5.69 Å². The van der Waals surface area contributed by atoms with Gasteiger partial charge in [0.1, 0.15) is 5.75 Å². The van der Waals surface area contributed by atoms with Gasteiger partial charge in [0.2, 0.25) is 10.0 Å². The number of hydrogen-bond acceptors (Lipinski definition) is 4. The van der Waals surface area contributed by atoms with Gasteiger partial charge in [0, 0.05) is 29.4 Å². The first kappa shape index (κ1) is 21.1. The van der Waals surface area contributed by atoms with Gasteiger partial charge in [0.25, 0.3) is 5.91 Å². The quantitative estimate of drug-likeness (QED) is 0.638. The molecule has 31 heavy (non-hydrogen) atoms. The lowest BCUT2D eigenvalue weighted by molar-refractivity contribution is 0.0981. The van der Waals surface area contributed by atoms with Crippen LogP contribution in [0.3, 0.4) is 0 Å². The van der Waals surface area contributed by atoms with Crippen molar-refractivity contribution in [2.24, 2.45) is 0 Å². The van der Waals surface area contributed by atoms with Crippen molar-refractivity contribution in [1.82, 2.24) is 4.72 Å². The standard InChI is InChI=1S/C24H24N2O4S/c1-17-14-20-15-21(31(28,29)25-16-19-10-6-7-11-23(19)30-2)12-13-22(20)26(17)24(27)18-8-4-3-5-9-18/h3-13,15,17,25H,14,16H2,1-2H3. The smallest absolute Gasteiger partial charge is 0.258 e. The van der Waals surface area contributed by atoms with E-state index in [9.17, 15) is 13.2 Å². The van der Waals surface area contributed by atoms with Crippen LogP contribution in [0, 0.1) is 0 Å². The Morgan fingerprint density at radius 1 is 1.06 bits per heavy atom. The van der Waals surface area contributed by atoms with Gasteiger partial charge in [0.15, 0.2) is 0 Å². The molecule has 1 N–H and O–H groups in total. The number of para-hydroxylation sites is 1. The third-order valence-electron chi connectivity index (χ3n) is 5.46. The Morgan fingerprint density at radius 3 is 2.52 bits per heavy atom. The van der Waals surface area contributed by atoms with Crippen LogP contribution < -0.4 is 14.4 Å². The van der Waals surface area contributed by atoms with Crippen LogP contribution in [0.15, 0.2) is 77.7 Å². The number of rotatable bonds is 6. The van der Waals surface area contributed by atoms with Crippen LogP contribution in [0.1, 0.15) is 28.4 Å². The number of carbonyl (C=O) groups excluding carboxylic acids is 1. The molecule has 1 unspecified atom stereocenters. The highest BCUT2D eigenvalue weighted by molar-refractivity contribution is 7.89. The van der Waals surface area contributed by atoms with Gasteiger partial charge in [0.05, 0.1) is 12.0 Å².